The molecule has 0 spiro atoms. The van der Waals surface area contributed by atoms with E-state index in [2.05, 4.69) is 41.8 Å². The van der Waals surface area contributed by atoms with Gasteiger partial charge in [-0.2, -0.15) is 15.3 Å². The molecule has 0 bridgehead atoms. The first-order valence-electron chi connectivity index (χ1n) is 6.76. The van der Waals surface area contributed by atoms with Crippen molar-refractivity contribution in [1.82, 2.24) is 25.4 Å². The Balaban J connectivity index is 1.75. The van der Waals surface area contributed by atoms with E-state index in [1.807, 2.05) is 30.3 Å². The van der Waals surface area contributed by atoms with Crippen LogP contribution in [0.2, 0.25) is 0 Å². The van der Waals surface area contributed by atoms with Gasteiger partial charge in [-0.3, -0.25) is 14.6 Å². The zero-order valence-corrected chi connectivity index (χ0v) is 13.8. The van der Waals surface area contributed by atoms with Crippen molar-refractivity contribution in [2.45, 2.75) is 0 Å². The van der Waals surface area contributed by atoms with Crippen LogP contribution in [-0.4, -0.2) is 32.1 Å². The average molecular weight is 373 g/mol. The summed E-state index contributed by atoms with van der Waals surface area (Å²) in [7, 11) is 1.69. The van der Waals surface area contributed by atoms with Gasteiger partial charge in [-0.1, -0.05) is 30.3 Å². The SMILES string of the molecule is Cn1ncc(Br)c1C(=O)N/N=C\c1cn[nH]c1-c1ccccc1. The van der Waals surface area contributed by atoms with Gasteiger partial charge in [0.2, 0.25) is 0 Å². The lowest BCUT2D eigenvalue weighted by Gasteiger charge is -2.01. The number of halogens is 1. The zero-order valence-electron chi connectivity index (χ0n) is 12.2. The summed E-state index contributed by atoms with van der Waals surface area (Å²) in [5, 5.41) is 14.9. The number of hydrogen-bond acceptors (Lipinski definition) is 4. The van der Waals surface area contributed by atoms with Crippen LogP contribution in [0.15, 0.2) is 52.3 Å². The molecule has 2 aromatic heterocycles. The Morgan fingerprint density at radius 1 is 1.35 bits per heavy atom. The molecule has 23 heavy (non-hydrogen) atoms. The summed E-state index contributed by atoms with van der Waals surface area (Å²) in [5.74, 6) is -0.349. The number of nitrogens with one attached hydrogen (secondary N) is 2. The number of rotatable bonds is 4. The van der Waals surface area contributed by atoms with Gasteiger partial charge in [0.15, 0.2) is 0 Å². The van der Waals surface area contributed by atoms with Crippen molar-refractivity contribution in [3.05, 3.63) is 58.5 Å². The summed E-state index contributed by atoms with van der Waals surface area (Å²) in [6, 6.07) is 9.77. The molecule has 0 aliphatic carbocycles. The van der Waals surface area contributed by atoms with E-state index < -0.39 is 0 Å². The van der Waals surface area contributed by atoms with E-state index in [4.69, 9.17) is 0 Å². The summed E-state index contributed by atoms with van der Waals surface area (Å²) in [4.78, 5) is 12.1. The Labute approximate surface area is 140 Å². The molecule has 0 atom stereocenters. The van der Waals surface area contributed by atoms with Gasteiger partial charge in [0.25, 0.3) is 5.91 Å². The van der Waals surface area contributed by atoms with Crippen LogP contribution < -0.4 is 5.43 Å². The maximum Gasteiger partial charge on any atom is 0.290 e. The van der Waals surface area contributed by atoms with Crippen LogP contribution >= 0.6 is 15.9 Å². The molecule has 2 heterocycles. The molecule has 0 radical (unpaired) electrons. The lowest BCUT2D eigenvalue weighted by atomic mass is 10.1. The molecule has 116 valence electrons. The van der Waals surface area contributed by atoms with Crippen LogP contribution in [0.3, 0.4) is 0 Å². The standard InChI is InChI=1S/C15H13BrN6O/c1-22-14(12(16)9-19-22)15(23)21-18-8-11-7-17-20-13(11)10-5-3-2-4-6-10/h2-9H,1H3,(H,17,20)(H,21,23)/b18-8-. The number of carbonyl (C=O) groups is 1. The second-order valence-corrected chi connectivity index (χ2v) is 5.58. The van der Waals surface area contributed by atoms with Crippen molar-refractivity contribution in [2.24, 2.45) is 12.1 Å². The summed E-state index contributed by atoms with van der Waals surface area (Å²) in [6.07, 6.45) is 4.76. The van der Waals surface area contributed by atoms with Gasteiger partial charge in [-0.25, -0.2) is 5.43 Å². The van der Waals surface area contributed by atoms with Crippen molar-refractivity contribution >= 4 is 28.1 Å². The van der Waals surface area contributed by atoms with Gasteiger partial charge < -0.3 is 0 Å². The smallest absolute Gasteiger partial charge is 0.277 e. The van der Waals surface area contributed by atoms with E-state index in [0.717, 1.165) is 16.8 Å². The largest absolute Gasteiger partial charge is 0.290 e. The highest BCUT2D eigenvalue weighted by Gasteiger charge is 2.14. The highest BCUT2D eigenvalue weighted by atomic mass is 79.9. The quantitative estimate of drug-likeness (QED) is 0.544. The fourth-order valence-corrected chi connectivity index (χ4v) is 2.64. The van der Waals surface area contributed by atoms with E-state index in [0.29, 0.717) is 10.2 Å². The molecule has 3 rings (SSSR count). The van der Waals surface area contributed by atoms with E-state index >= 15 is 0 Å². The summed E-state index contributed by atoms with van der Waals surface area (Å²) >= 11 is 3.28. The molecule has 0 unspecified atom stereocenters. The van der Waals surface area contributed by atoms with E-state index in [1.165, 1.54) is 4.68 Å². The molecular weight excluding hydrogens is 360 g/mol. The Morgan fingerprint density at radius 3 is 2.83 bits per heavy atom. The summed E-state index contributed by atoms with van der Waals surface area (Å²) in [6.45, 7) is 0. The molecule has 1 amide bonds. The second-order valence-electron chi connectivity index (χ2n) is 4.73. The van der Waals surface area contributed by atoms with Crippen LogP contribution in [0.25, 0.3) is 11.3 Å². The van der Waals surface area contributed by atoms with Crippen LogP contribution in [0.1, 0.15) is 16.1 Å². The molecule has 0 aliphatic rings. The predicted molar refractivity (Wildman–Crippen MR) is 90.0 cm³/mol. The average Bonchev–Trinajstić information content (AvgIpc) is 3.15. The van der Waals surface area contributed by atoms with E-state index in [1.54, 1.807) is 25.7 Å². The number of carbonyl (C=O) groups excluding carboxylic acids is 1. The fourth-order valence-electron chi connectivity index (χ4n) is 2.11. The molecule has 0 fully saturated rings. The Morgan fingerprint density at radius 2 is 2.13 bits per heavy atom. The van der Waals surface area contributed by atoms with Gasteiger partial charge in [-0.15, -0.1) is 0 Å². The van der Waals surface area contributed by atoms with Crippen molar-refractivity contribution in [1.29, 1.82) is 0 Å². The molecule has 8 heteroatoms. The molecular formula is C15H13BrN6O. The minimum atomic E-state index is -0.349. The highest BCUT2D eigenvalue weighted by Crippen LogP contribution is 2.19. The minimum Gasteiger partial charge on any atom is -0.277 e. The normalized spacial score (nSPS) is 11.0. The Kier molecular flexibility index (Phi) is 4.33. The number of hydrazone groups is 1. The topological polar surface area (TPSA) is 88.0 Å². The molecule has 0 aliphatic heterocycles. The van der Waals surface area contributed by atoms with Crippen molar-refractivity contribution < 1.29 is 4.79 Å². The molecule has 1 aromatic carbocycles. The van der Waals surface area contributed by atoms with Crippen molar-refractivity contribution in [2.75, 3.05) is 0 Å². The third-order valence-corrected chi connectivity index (χ3v) is 3.79. The zero-order chi connectivity index (χ0) is 16.2. The second kappa shape index (κ2) is 6.57. The first-order valence-corrected chi connectivity index (χ1v) is 7.56. The Hall–Kier alpha value is -2.74. The van der Waals surface area contributed by atoms with Crippen LogP contribution in [-0.2, 0) is 7.05 Å². The molecule has 3 aromatic rings. The van der Waals surface area contributed by atoms with Gasteiger partial charge in [0, 0.05) is 18.2 Å². The maximum atomic E-state index is 12.1. The van der Waals surface area contributed by atoms with Gasteiger partial charge in [0.1, 0.15) is 5.69 Å². The number of H-pyrrole nitrogens is 1. The number of aromatic amines is 1. The first kappa shape index (κ1) is 15.2. The van der Waals surface area contributed by atoms with E-state index in [9.17, 15) is 4.79 Å². The number of amides is 1. The minimum absolute atomic E-state index is 0.349. The third kappa shape index (κ3) is 3.21. The van der Waals surface area contributed by atoms with Gasteiger partial charge in [0.05, 0.1) is 28.8 Å². The van der Waals surface area contributed by atoms with Gasteiger partial charge >= 0.3 is 0 Å². The molecule has 0 saturated heterocycles. The molecule has 7 nitrogen and oxygen atoms in total. The molecule has 0 saturated carbocycles. The predicted octanol–water partition coefficient (Wildman–Crippen LogP) is 2.34. The fraction of sp³-hybridized carbons (Fsp3) is 0.0667. The Bertz CT molecular complexity index is 832. The number of nitrogens with zero attached hydrogens (tertiary/aromatic N) is 4. The van der Waals surface area contributed by atoms with Crippen molar-refractivity contribution in [3.8, 4) is 11.3 Å². The highest BCUT2D eigenvalue weighted by molar-refractivity contribution is 9.10. The summed E-state index contributed by atoms with van der Waals surface area (Å²) < 4.78 is 2.09. The van der Waals surface area contributed by atoms with Crippen LogP contribution in [0.4, 0.5) is 0 Å². The summed E-state index contributed by atoms with van der Waals surface area (Å²) in [5.41, 5.74) is 5.49. The van der Waals surface area contributed by atoms with E-state index in [-0.39, 0.29) is 5.91 Å². The monoisotopic (exact) mass is 372 g/mol. The number of aryl methyl sites for hydroxylation is 1. The third-order valence-electron chi connectivity index (χ3n) is 3.21. The molecule has 2 N–H and O–H groups in total. The maximum absolute atomic E-state index is 12.1. The lowest BCUT2D eigenvalue weighted by molar-refractivity contribution is 0.0945. The van der Waals surface area contributed by atoms with Crippen LogP contribution in [0, 0.1) is 0 Å². The lowest BCUT2D eigenvalue weighted by Crippen LogP contribution is -2.21. The number of hydrogen-bond donors (Lipinski definition) is 2. The first-order chi connectivity index (χ1) is 11.2. The number of benzene rings is 1. The van der Waals surface area contributed by atoms with Crippen LogP contribution in [0.5, 0.6) is 0 Å². The van der Waals surface area contributed by atoms with Gasteiger partial charge in [-0.05, 0) is 15.9 Å². The van der Waals surface area contributed by atoms with Crippen molar-refractivity contribution in [3.63, 3.8) is 0 Å². The number of aromatic nitrogens is 4.